The minimum absolute atomic E-state index is 0.0183. The fourth-order valence-corrected chi connectivity index (χ4v) is 7.65. The molecule has 0 atom stereocenters. The summed E-state index contributed by atoms with van der Waals surface area (Å²) in [6.07, 6.45) is 0. The second-order valence-corrected chi connectivity index (χ2v) is 14.0. The Bertz CT molecular complexity index is 3380. The molecule has 0 aliphatic carbocycles. The minimum atomic E-state index is -0.832. The lowest BCUT2D eigenvalue weighted by Crippen LogP contribution is -2.12. The van der Waals surface area contributed by atoms with Crippen LogP contribution >= 0.6 is 0 Å². The summed E-state index contributed by atoms with van der Waals surface area (Å²) in [6, 6.07) is 12.6. The zero-order valence-corrected chi connectivity index (χ0v) is 35.2. The first-order valence-corrected chi connectivity index (χ1v) is 19.0. The van der Waals surface area contributed by atoms with Gasteiger partial charge in [0.1, 0.15) is 22.6 Å². The quantitative estimate of drug-likeness (QED) is 0.130. The van der Waals surface area contributed by atoms with Crippen molar-refractivity contribution in [1.29, 1.82) is 0 Å². The molecule has 2 aliphatic rings. The Morgan fingerprint density at radius 2 is 0.594 bits per heavy atom. The Kier molecular flexibility index (Phi) is 9.96. The van der Waals surface area contributed by atoms with Crippen LogP contribution in [0.3, 0.4) is 0 Å². The highest BCUT2D eigenvalue weighted by Gasteiger charge is 2.30. The number of aromatic nitrogens is 8. The number of fused-ring (bicyclic) bond motifs is 20. The van der Waals surface area contributed by atoms with E-state index in [1.54, 1.807) is 24.3 Å². The van der Waals surface area contributed by atoms with E-state index in [1.165, 1.54) is 81.1 Å². The molecule has 5 heterocycles. The number of H-pyrrole nitrogens is 2. The van der Waals surface area contributed by atoms with Crippen LogP contribution in [0.1, 0.15) is 41.4 Å². The van der Waals surface area contributed by atoms with Gasteiger partial charge in [0.25, 0.3) is 0 Å². The summed E-state index contributed by atoms with van der Waals surface area (Å²) >= 11 is 0. The van der Waals surface area contributed by atoms with E-state index in [9.17, 15) is 19.2 Å². The molecule has 0 unspecified atom stereocenters. The molecule has 2 N–H and O–H groups in total. The topological polar surface area (TPSA) is 251 Å². The predicted octanol–water partition coefficient (Wildman–Crippen LogP) is 6.05. The Morgan fingerprint density at radius 3 is 0.875 bits per heavy atom. The van der Waals surface area contributed by atoms with Crippen molar-refractivity contribution >= 4 is 68.0 Å². The van der Waals surface area contributed by atoms with Crippen LogP contribution in [0.15, 0.2) is 48.5 Å². The van der Waals surface area contributed by atoms with E-state index in [1.807, 2.05) is 0 Å². The molecule has 4 aromatic carbocycles. The van der Waals surface area contributed by atoms with E-state index in [0.717, 1.165) is 0 Å². The summed E-state index contributed by atoms with van der Waals surface area (Å²) in [4.78, 5) is 89.1. The van der Waals surface area contributed by atoms with Gasteiger partial charge in [-0.2, -0.15) is 0 Å². The number of nitrogens with one attached hydrogen (secondary N) is 2. The number of carbonyl (C=O) groups is 4. The van der Waals surface area contributed by atoms with Gasteiger partial charge >= 0.3 is 23.9 Å². The van der Waals surface area contributed by atoms with Gasteiger partial charge in [0.2, 0.25) is 0 Å². The molecule has 0 radical (unpaired) electrons. The van der Waals surface area contributed by atoms with Gasteiger partial charge in [-0.15, -0.1) is 0 Å². The molecule has 2 aliphatic heterocycles. The first-order chi connectivity index (χ1) is 31.0. The number of hydrogen-bond donors (Lipinski definition) is 2. The minimum Gasteiger partial charge on any atom is -0.493 e. The van der Waals surface area contributed by atoms with Crippen LogP contribution in [-0.4, -0.2) is 121 Å². The molecule has 0 amide bonds. The first-order valence-electron chi connectivity index (χ1n) is 19.0. The van der Waals surface area contributed by atoms with Crippen LogP contribution in [0.4, 0.5) is 0 Å². The zero-order chi connectivity index (χ0) is 45.1. The highest BCUT2D eigenvalue weighted by molar-refractivity contribution is 6.14. The molecular formula is C44H34N8O12. The molecule has 0 spiro atoms. The number of aromatic amines is 2. The maximum Gasteiger partial charge on any atom is 0.338 e. The van der Waals surface area contributed by atoms with Gasteiger partial charge in [0.15, 0.2) is 46.3 Å². The summed E-state index contributed by atoms with van der Waals surface area (Å²) in [5, 5.41) is 1.70. The summed E-state index contributed by atoms with van der Waals surface area (Å²) in [7, 11) is 10.7. The van der Waals surface area contributed by atoms with E-state index in [2.05, 4.69) is 9.97 Å². The maximum absolute atomic E-state index is 13.2. The molecular weight excluding hydrogens is 833 g/mol. The highest BCUT2D eigenvalue weighted by atomic mass is 16.5. The third-order valence-corrected chi connectivity index (χ3v) is 10.7. The number of ether oxygens (including phenoxy) is 8. The smallest absolute Gasteiger partial charge is 0.338 e. The van der Waals surface area contributed by atoms with Gasteiger partial charge in [0, 0.05) is 43.8 Å². The lowest BCUT2D eigenvalue weighted by Gasteiger charge is -2.09. The molecule has 8 bridgehead atoms. The molecule has 20 nitrogen and oxygen atoms in total. The number of hydrogen-bond acceptors (Lipinski definition) is 18. The first kappa shape index (κ1) is 40.7. The monoisotopic (exact) mass is 866 g/mol. The van der Waals surface area contributed by atoms with E-state index in [-0.39, 0.29) is 73.6 Å². The van der Waals surface area contributed by atoms with E-state index >= 15 is 0 Å². The van der Waals surface area contributed by atoms with Crippen molar-refractivity contribution in [1.82, 2.24) is 39.9 Å². The Hall–Kier alpha value is -8.68. The molecule has 20 heteroatoms. The van der Waals surface area contributed by atoms with Gasteiger partial charge in [-0.25, -0.2) is 49.1 Å². The molecule has 64 heavy (non-hydrogen) atoms. The average Bonchev–Trinajstić information content (AvgIpc) is 4.05. The summed E-state index contributed by atoms with van der Waals surface area (Å²) < 4.78 is 42.9. The summed E-state index contributed by atoms with van der Waals surface area (Å²) in [5.41, 5.74) is 1.91. The summed E-state index contributed by atoms with van der Waals surface area (Å²) in [6.45, 7) is 0. The van der Waals surface area contributed by atoms with Crippen LogP contribution in [0.25, 0.3) is 89.7 Å². The largest absolute Gasteiger partial charge is 0.493 e. The van der Waals surface area contributed by atoms with Crippen molar-refractivity contribution < 1.29 is 57.1 Å². The third kappa shape index (κ3) is 6.37. The average molecular weight is 867 g/mol. The van der Waals surface area contributed by atoms with E-state index in [0.29, 0.717) is 61.3 Å². The second-order valence-electron chi connectivity index (χ2n) is 14.0. The number of rotatable bonds is 8. The number of carbonyl (C=O) groups excluding carboxylic acids is 4. The second kappa shape index (κ2) is 15.7. The lowest BCUT2D eigenvalue weighted by molar-refractivity contribution is 0.0555. The van der Waals surface area contributed by atoms with E-state index < -0.39 is 23.9 Å². The SMILES string of the molecule is COC(=O)c1cc2c(cc1C(=O)OC)-c1nc-2nc2[nH]c(nc3nc(nc4[nH]c(n1)c1cc(C(=O)OC)c(C(=O)OC)cc41)-c1cc(OC)c(OC)cc1-3)c1cc(OC)c(OC)cc21. The fraction of sp³-hybridized carbons (Fsp3) is 0.182. The molecule has 7 aromatic rings. The Labute approximate surface area is 360 Å². The van der Waals surface area contributed by atoms with Crippen molar-refractivity contribution in [2.45, 2.75) is 0 Å². The predicted molar refractivity (Wildman–Crippen MR) is 228 cm³/mol. The molecule has 9 rings (SSSR count). The van der Waals surface area contributed by atoms with Crippen LogP contribution in [0.5, 0.6) is 23.0 Å². The van der Waals surface area contributed by atoms with Gasteiger partial charge < -0.3 is 47.9 Å². The van der Waals surface area contributed by atoms with Crippen LogP contribution < -0.4 is 18.9 Å². The van der Waals surface area contributed by atoms with Crippen LogP contribution in [0, 0.1) is 0 Å². The van der Waals surface area contributed by atoms with Crippen LogP contribution in [-0.2, 0) is 18.9 Å². The van der Waals surface area contributed by atoms with Gasteiger partial charge in [0.05, 0.1) is 79.1 Å². The van der Waals surface area contributed by atoms with E-state index in [4.69, 9.17) is 67.8 Å². The van der Waals surface area contributed by atoms with Crippen LogP contribution in [0.2, 0.25) is 0 Å². The van der Waals surface area contributed by atoms with Gasteiger partial charge in [-0.1, -0.05) is 0 Å². The molecule has 0 fully saturated rings. The third-order valence-electron chi connectivity index (χ3n) is 10.7. The lowest BCUT2D eigenvalue weighted by atomic mass is 9.98. The molecule has 0 saturated heterocycles. The van der Waals surface area contributed by atoms with Crippen molar-refractivity contribution in [2.24, 2.45) is 0 Å². The number of nitrogens with zero attached hydrogens (tertiary/aromatic N) is 6. The zero-order valence-electron chi connectivity index (χ0n) is 35.2. The number of benzene rings is 4. The van der Waals surface area contributed by atoms with Crippen molar-refractivity contribution in [3.8, 4) is 68.5 Å². The number of methoxy groups -OCH3 is 8. The fourth-order valence-electron chi connectivity index (χ4n) is 7.65. The van der Waals surface area contributed by atoms with Crippen molar-refractivity contribution in [2.75, 3.05) is 56.9 Å². The maximum atomic E-state index is 13.2. The summed E-state index contributed by atoms with van der Waals surface area (Å²) in [5.74, 6) is -1.27. The Morgan fingerprint density at radius 1 is 0.344 bits per heavy atom. The van der Waals surface area contributed by atoms with Gasteiger partial charge in [-0.05, 0) is 48.5 Å². The number of esters is 4. The van der Waals surface area contributed by atoms with Gasteiger partial charge in [-0.3, -0.25) is 0 Å². The standard InChI is InChI=1S/C44H34N8O12/c1-57-29-13-21-23(15-31(29)59-3)39-50-37(21)48-35-19-11-27(43(55)63-7)25(41(53)61-5)9-17(19)33(46-35)45-34-18-10-26(42(54)62-6)28(44(56)64-8)12-20(18)36(47-34)49-38-22-14-30(58-2)32(60-4)16-24(22)40(51-38)52-39/h9-16H,1-8H3,(H2,45,46,47,48,49,50,51,52). The highest BCUT2D eigenvalue weighted by Crippen LogP contribution is 2.44. The van der Waals surface area contributed by atoms with Crippen molar-refractivity contribution in [3.05, 3.63) is 70.8 Å². The molecule has 0 saturated carbocycles. The molecule has 3 aromatic heterocycles. The molecule has 322 valence electrons. The Balaban J connectivity index is 1.52. The normalized spacial score (nSPS) is 11.4. The van der Waals surface area contributed by atoms with Crippen molar-refractivity contribution in [3.63, 3.8) is 0 Å².